The maximum absolute atomic E-state index is 9.94. The molecule has 0 aromatic heterocycles. The third kappa shape index (κ3) is 3.87. The Bertz CT molecular complexity index is 243. The van der Waals surface area contributed by atoms with Gasteiger partial charge < -0.3 is 4.74 Å². The van der Waals surface area contributed by atoms with Gasteiger partial charge in [-0.1, -0.05) is 0 Å². The van der Waals surface area contributed by atoms with Crippen LogP contribution in [0.25, 0.3) is 0 Å². The normalized spacial score (nSPS) is 15.6. The van der Waals surface area contributed by atoms with Crippen molar-refractivity contribution in [1.29, 1.82) is 5.26 Å². The first-order valence-electron chi connectivity index (χ1n) is 3.53. The molecule has 0 saturated heterocycles. The molecule has 0 heterocycles. The molecule has 0 saturated carbocycles. The highest BCUT2D eigenvalue weighted by Gasteiger charge is 2.29. The molecule has 1 atom stereocenters. The Morgan fingerprint density at radius 1 is 1.33 bits per heavy atom. The van der Waals surface area contributed by atoms with Crippen LogP contribution in [0.15, 0.2) is 4.99 Å². The second kappa shape index (κ2) is 3.48. The van der Waals surface area contributed by atoms with E-state index in [1.54, 1.807) is 26.8 Å². The van der Waals surface area contributed by atoms with Gasteiger partial charge in [0, 0.05) is 6.92 Å². The van der Waals surface area contributed by atoms with Gasteiger partial charge in [-0.3, -0.25) is 0 Å². The highest BCUT2D eigenvalue weighted by molar-refractivity contribution is 5.35. The maximum Gasteiger partial charge on any atom is 0.256 e. The van der Waals surface area contributed by atoms with E-state index in [1.807, 2.05) is 0 Å². The molecule has 4 nitrogen and oxygen atoms in total. The summed E-state index contributed by atoms with van der Waals surface area (Å²) in [5, 5.41) is 8.63. The van der Waals surface area contributed by atoms with Crippen molar-refractivity contribution < 1.29 is 9.53 Å². The summed E-state index contributed by atoms with van der Waals surface area (Å²) in [6.45, 7) is 6.76. The standard InChI is InChI=1S/C8H12N2O2/c1-7(2,3)12-8(4,5-9)10-6-11/h1-4H3/t8-/m1/s1. The van der Waals surface area contributed by atoms with Gasteiger partial charge in [0.15, 0.2) is 0 Å². The summed E-state index contributed by atoms with van der Waals surface area (Å²) in [6.07, 6.45) is 1.31. The van der Waals surface area contributed by atoms with Gasteiger partial charge in [0.2, 0.25) is 6.08 Å². The molecule has 0 aromatic carbocycles. The zero-order valence-corrected chi connectivity index (χ0v) is 7.71. The van der Waals surface area contributed by atoms with E-state index in [9.17, 15) is 4.79 Å². The lowest BCUT2D eigenvalue weighted by molar-refractivity contribution is -0.0861. The summed E-state index contributed by atoms with van der Waals surface area (Å²) in [5.41, 5.74) is -1.93. The number of nitrogens with zero attached hydrogens (tertiary/aromatic N) is 2. The van der Waals surface area contributed by atoms with E-state index in [2.05, 4.69) is 4.99 Å². The molecule has 0 N–H and O–H groups in total. The number of hydrogen-bond acceptors (Lipinski definition) is 4. The van der Waals surface area contributed by atoms with Crippen LogP contribution in [-0.4, -0.2) is 17.4 Å². The maximum atomic E-state index is 9.94. The van der Waals surface area contributed by atoms with Gasteiger partial charge in [0.1, 0.15) is 6.07 Å². The van der Waals surface area contributed by atoms with Crippen molar-refractivity contribution in [3.63, 3.8) is 0 Å². The molecule has 0 aliphatic heterocycles. The number of rotatable bonds is 2. The molecule has 0 bridgehead atoms. The van der Waals surface area contributed by atoms with Crippen molar-refractivity contribution >= 4 is 6.08 Å². The fourth-order valence-electron chi connectivity index (χ4n) is 0.754. The Morgan fingerprint density at radius 3 is 2.08 bits per heavy atom. The Hall–Kier alpha value is -1.17. The van der Waals surface area contributed by atoms with E-state index < -0.39 is 11.3 Å². The average molecular weight is 168 g/mol. The van der Waals surface area contributed by atoms with E-state index in [-0.39, 0.29) is 0 Å². The van der Waals surface area contributed by atoms with Crippen LogP contribution < -0.4 is 0 Å². The topological polar surface area (TPSA) is 62.4 Å². The van der Waals surface area contributed by atoms with Crippen LogP contribution in [0.3, 0.4) is 0 Å². The van der Waals surface area contributed by atoms with Crippen LogP contribution in [0.4, 0.5) is 0 Å². The lowest BCUT2D eigenvalue weighted by Crippen LogP contribution is -2.34. The van der Waals surface area contributed by atoms with Crippen molar-refractivity contribution in [3.05, 3.63) is 0 Å². The Labute approximate surface area is 71.9 Å². The summed E-state index contributed by atoms with van der Waals surface area (Å²) >= 11 is 0. The lowest BCUT2D eigenvalue weighted by atomic mass is 10.1. The van der Waals surface area contributed by atoms with Gasteiger partial charge >= 0.3 is 0 Å². The smallest absolute Gasteiger partial charge is 0.256 e. The Balaban J connectivity index is 4.59. The van der Waals surface area contributed by atoms with Crippen molar-refractivity contribution in [3.8, 4) is 6.07 Å². The fourth-order valence-corrected chi connectivity index (χ4v) is 0.754. The third-order valence-electron chi connectivity index (χ3n) is 0.971. The van der Waals surface area contributed by atoms with Gasteiger partial charge in [-0.15, -0.1) is 0 Å². The van der Waals surface area contributed by atoms with Crippen molar-refractivity contribution in [2.75, 3.05) is 0 Å². The molecule has 0 aliphatic rings. The average Bonchev–Trinajstić information content (AvgIpc) is 1.84. The summed E-state index contributed by atoms with van der Waals surface area (Å²) in [4.78, 5) is 13.2. The van der Waals surface area contributed by atoms with Gasteiger partial charge in [-0.2, -0.15) is 10.3 Å². The van der Waals surface area contributed by atoms with Gasteiger partial charge in [0.05, 0.1) is 5.60 Å². The Kier molecular flexibility index (Phi) is 3.15. The minimum absolute atomic E-state index is 0.509. The molecule has 0 radical (unpaired) electrons. The lowest BCUT2D eigenvalue weighted by Gasteiger charge is -2.26. The van der Waals surface area contributed by atoms with E-state index >= 15 is 0 Å². The predicted molar refractivity (Wildman–Crippen MR) is 43.0 cm³/mol. The fraction of sp³-hybridized carbons (Fsp3) is 0.750. The number of isocyanates is 1. The van der Waals surface area contributed by atoms with Crippen LogP contribution in [-0.2, 0) is 9.53 Å². The van der Waals surface area contributed by atoms with Crippen LogP contribution in [0.2, 0.25) is 0 Å². The van der Waals surface area contributed by atoms with Crippen LogP contribution in [0.1, 0.15) is 27.7 Å². The quantitative estimate of drug-likeness (QED) is 0.462. The molecule has 0 spiro atoms. The number of hydrogen-bond donors (Lipinski definition) is 0. The second-order valence-corrected chi connectivity index (χ2v) is 3.51. The summed E-state index contributed by atoms with van der Waals surface area (Å²) in [7, 11) is 0. The first-order chi connectivity index (χ1) is 5.33. The second-order valence-electron chi connectivity index (χ2n) is 3.51. The molecule has 0 unspecified atom stereocenters. The van der Waals surface area contributed by atoms with E-state index in [4.69, 9.17) is 10.00 Å². The zero-order valence-electron chi connectivity index (χ0n) is 7.71. The largest absolute Gasteiger partial charge is 0.336 e. The number of aliphatic imine (C=N–C) groups is 1. The number of nitriles is 1. The molecule has 12 heavy (non-hydrogen) atoms. The van der Waals surface area contributed by atoms with Gasteiger partial charge in [0.25, 0.3) is 5.72 Å². The molecular weight excluding hydrogens is 156 g/mol. The molecule has 0 fully saturated rings. The van der Waals surface area contributed by atoms with Crippen molar-refractivity contribution in [1.82, 2.24) is 0 Å². The van der Waals surface area contributed by atoms with E-state index in [1.165, 1.54) is 13.0 Å². The molecule has 0 amide bonds. The van der Waals surface area contributed by atoms with Gasteiger partial charge in [-0.05, 0) is 20.8 Å². The minimum atomic E-state index is -1.42. The molecule has 66 valence electrons. The van der Waals surface area contributed by atoms with E-state index in [0.29, 0.717) is 0 Å². The SMILES string of the molecule is CC(C)(C)O[C@](C)(C#N)N=C=O. The third-order valence-corrected chi connectivity index (χ3v) is 0.971. The molecule has 0 aromatic rings. The first kappa shape index (κ1) is 10.8. The first-order valence-corrected chi connectivity index (χ1v) is 3.53. The molecule has 0 rings (SSSR count). The van der Waals surface area contributed by atoms with Crippen LogP contribution in [0.5, 0.6) is 0 Å². The zero-order chi connectivity index (χ0) is 9.83. The Morgan fingerprint density at radius 2 is 1.83 bits per heavy atom. The van der Waals surface area contributed by atoms with Crippen LogP contribution >= 0.6 is 0 Å². The van der Waals surface area contributed by atoms with E-state index in [0.717, 1.165) is 0 Å². The number of carbonyl (C=O) groups excluding carboxylic acids is 1. The molecule has 0 aliphatic carbocycles. The minimum Gasteiger partial charge on any atom is -0.336 e. The summed E-state index contributed by atoms with van der Waals surface area (Å²) in [5.74, 6) is 0. The van der Waals surface area contributed by atoms with Crippen molar-refractivity contribution in [2.45, 2.75) is 39.0 Å². The van der Waals surface area contributed by atoms with Crippen LogP contribution in [0, 0.1) is 11.3 Å². The monoisotopic (exact) mass is 168 g/mol. The van der Waals surface area contributed by atoms with Gasteiger partial charge in [-0.25, -0.2) is 4.79 Å². The molecular formula is C8H12N2O2. The highest BCUT2D eigenvalue weighted by Crippen LogP contribution is 2.19. The van der Waals surface area contributed by atoms with Crippen molar-refractivity contribution in [2.24, 2.45) is 4.99 Å². The number of ether oxygens (including phenoxy) is 1. The predicted octanol–water partition coefficient (Wildman–Crippen LogP) is 1.38. The summed E-state index contributed by atoms with van der Waals surface area (Å²) < 4.78 is 5.22. The highest BCUT2D eigenvalue weighted by atomic mass is 16.5. The molecule has 4 heteroatoms. The summed E-state index contributed by atoms with van der Waals surface area (Å²) in [6, 6.07) is 1.78.